The topological polar surface area (TPSA) is 38.8 Å². The summed E-state index contributed by atoms with van der Waals surface area (Å²) in [6, 6.07) is 0. The largest absolute Gasteiger partial charge is 0.462 e. The summed E-state index contributed by atoms with van der Waals surface area (Å²) in [6.07, 6.45) is 2.32. The van der Waals surface area contributed by atoms with Crippen LogP contribution in [0.5, 0.6) is 0 Å². The molecule has 1 fully saturated rings. The molecule has 2 atom stereocenters. The van der Waals surface area contributed by atoms with E-state index in [0.717, 1.165) is 19.4 Å². The van der Waals surface area contributed by atoms with Gasteiger partial charge in [0.1, 0.15) is 12.7 Å². The van der Waals surface area contributed by atoms with E-state index in [-0.39, 0.29) is 17.5 Å². The molecule has 1 rings (SSSR count). The molecule has 1 aliphatic rings. The monoisotopic (exact) mass is 214 g/mol. The number of esters is 1. The predicted molar refractivity (Wildman–Crippen MR) is 58.6 cm³/mol. The zero-order valence-corrected chi connectivity index (χ0v) is 10.2. The van der Waals surface area contributed by atoms with Crippen LogP contribution in [0.4, 0.5) is 0 Å². The molecular weight excluding hydrogens is 192 g/mol. The summed E-state index contributed by atoms with van der Waals surface area (Å²) in [7, 11) is 0. The fraction of sp³-hybridized carbons (Fsp3) is 0.917. The van der Waals surface area contributed by atoms with Crippen molar-refractivity contribution in [2.45, 2.75) is 46.6 Å². The molecule has 1 aliphatic heterocycles. The van der Waals surface area contributed by atoms with Crippen LogP contribution in [0.1, 0.15) is 40.5 Å². The fourth-order valence-corrected chi connectivity index (χ4v) is 1.51. The third-order valence-electron chi connectivity index (χ3n) is 3.28. The summed E-state index contributed by atoms with van der Waals surface area (Å²) >= 11 is 0. The van der Waals surface area contributed by atoms with Crippen LogP contribution in [-0.2, 0) is 14.3 Å². The Hall–Kier alpha value is -0.570. The standard InChI is InChI=1S/C12H22O3/c1-5-6-9(2)12(3,4)11(13)15-8-10-7-14-10/h9-10H,5-8H2,1-4H3. The van der Waals surface area contributed by atoms with E-state index in [4.69, 9.17) is 9.47 Å². The van der Waals surface area contributed by atoms with Crippen LogP contribution in [0.15, 0.2) is 0 Å². The van der Waals surface area contributed by atoms with Crippen molar-refractivity contribution in [3.63, 3.8) is 0 Å². The van der Waals surface area contributed by atoms with E-state index in [1.54, 1.807) is 0 Å². The second kappa shape index (κ2) is 4.97. The highest BCUT2D eigenvalue weighted by Gasteiger charge is 2.36. The number of hydrogen-bond acceptors (Lipinski definition) is 3. The number of carbonyl (C=O) groups excluding carboxylic acids is 1. The van der Waals surface area contributed by atoms with Crippen molar-refractivity contribution in [1.29, 1.82) is 0 Å². The molecule has 0 aromatic heterocycles. The summed E-state index contributed by atoms with van der Waals surface area (Å²) in [5.74, 6) is 0.258. The minimum atomic E-state index is -0.384. The molecule has 0 spiro atoms. The number of ether oxygens (including phenoxy) is 2. The van der Waals surface area contributed by atoms with Crippen molar-refractivity contribution in [2.24, 2.45) is 11.3 Å². The van der Waals surface area contributed by atoms with Crippen LogP contribution >= 0.6 is 0 Å². The highest BCUT2D eigenvalue weighted by molar-refractivity contribution is 5.76. The van der Waals surface area contributed by atoms with Crippen molar-refractivity contribution in [2.75, 3.05) is 13.2 Å². The Morgan fingerprint density at radius 1 is 1.60 bits per heavy atom. The molecule has 1 saturated heterocycles. The number of hydrogen-bond donors (Lipinski definition) is 0. The third-order valence-corrected chi connectivity index (χ3v) is 3.28. The minimum absolute atomic E-state index is 0.0982. The second-order valence-corrected chi connectivity index (χ2v) is 4.97. The normalized spacial score (nSPS) is 22.3. The highest BCUT2D eigenvalue weighted by Crippen LogP contribution is 2.31. The Morgan fingerprint density at radius 3 is 2.67 bits per heavy atom. The van der Waals surface area contributed by atoms with Gasteiger partial charge in [-0.05, 0) is 26.2 Å². The van der Waals surface area contributed by atoms with Gasteiger partial charge in [-0.15, -0.1) is 0 Å². The smallest absolute Gasteiger partial charge is 0.311 e. The Labute approximate surface area is 92.1 Å². The van der Waals surface area contributed by atoms with Crippen molar-refractivity contribution in [3.8, 4) is 0 Å². The average Bonchev–Trinajstić information content (AvgIpc) is 2.97. The third kappa shape index (κ3) is 3.49. The maximum absolute atomic E-state index is 11.8. The fourth-order valence-electron chi connectivity index (χ4n) is 1.51. The molecule has 15 heavy (non-hydrogen) atoms. The molecular formula is C12H22O3. The minimum Gasteiger partial charge on any atom is -0.462 e. The van der Waals surface area contributed by atoms with Gasteiger partial charge in [0.05, 0.1) is 12.0 Å². The van der Waals surface area contributed by atoms with E-state index in [0.29, 0.717) is 12.5 Å². The first-order chi connectivity index (χ1) is 6.98. The molecule has 3 heteroatoms. The van der Waals surface area contributed by atoms with Gasteiger partial charge < -0.3 is 9.47 Å². The van der Waals surface area contributed by atoms with Crippen molar-refractivity contribution in [3.05, 3.63) is 0 Å². The van der Waals surface area contributed by atoms with Gasteiger partial charge in [-0.25, -0.2) is 0 Å². The first-order valence-electron chi connectivity index (χ1n) is 5.77. The quantitative estimate of drug-likeness (QED) is 0.503. The number of carbonyl (C=O) groups is 1. The van der Waals surface area contributed by atoms with Crippen molar-refractivity contribution >= 4 is 5.97 Å². The van der Waals surface area contributed by atoms with Gasteiger partial charge in [-0.2, -0.15) is 0 Å². The van der Waals surface area contributed by atoms with Crippen molar-refractivity contribution in [1.82, 2.24) is 0 Å². The molecule has 0 N–H and O–H groups in total. The molecule has 0 aliphatic carbocycles. The zero-order chi connectivity index (χ0) is 11.5. The van der Waals surface area contributed by atoms with E-state index in [1.165, 1.54) is 0 Å². The first kappa shape index (κ1) is 12.5. The predicted octanol–water partition coefficient (Wildman–Crippen LogP) is 2.39. The van der Waals surface area contributed by atoms with Gasteiger partial charge in [0, 0.05) is 0 Å². The van der Waals surface area contributed by atoms with Crippen LogP contribution in [0.3, 0.4) is 0 Å². The molecule has 0 radical (unpaired) electrons. The zero-order valence-electron chi connectivity index (χ0n) is 10.2. The molecule has 1 heterocycles. The van der Waals surface area contributed by atoms with E-state index in [2.05, 4.69) is 13.8 Å². The summed E-state index contributed by atoms with van der Waals surface area (Å²) < 4.78 is 10.2. The Balaban J connectivity index is 2.38. The van der Waals surface area contributed by atoms with Crippen LogP contribution in [0, 0.1) is 11.3 Å². The Kier molecular flexibility index (Phi) is 4.14. The average molecular weight is 214 g/mol. The Morgan fingerprint density at radius 2 is 2.20 bits per heavy atom. The summed E-state index contributed by atoms with van der Waals surface area (Å²) in [5.41, 5.74) is -0.384. The Bertz CT molecular complexity index is 219. The lowest BCUT2D eigenvalue weighted by Gasteiger charge is -2.29. The number of epoxide rings is 1. The molecule has 0 bridgehead atoms. The van der Waals surface area contributed by atoms with E-state index >= 15 is 0 Å². The molecule has 0 aromatic rings. The van der Waals surface area contributed by atoms with E-state index < -0.39 is 0 Å². The summed E-state index contributed by atoms with van der Waals surface area (Å²) in [4.78, 5) is 11.8. The highest BCUT2D eigenvalue weighted by atomic mass is 16.6. The van der Waals surface area contributed by atoms with E-state index in [9.17, 15) is 4.79 Å². The molecule has 0 saturated carbocycles. The molecule has 3 nitrogen and oxygen atoms in total. The lowest BCUT2D eigenvalue weighted by Crippen LogP contribution is -2.34. The van der Waals surface area contributed by atoms with Gasteiger partial charge >= 0.3 is 5.97 Å². The number of rotatable bonds is 6. The van der Waals surface area contributed by atoms with Gasteiger partial charge in [0.25, 0.3) is 0 Å². The molecule has 2 unspecified atom stereocenters. The second-order valence-electron chi connectivity index (χ2n) is 4.97. The van der Waals surface area contributed by atoms with Crippen LogP contribution in [0.2, 0.25) is 0 Å². The van der Waals surface area contributed by atoms with Crippen LogP contribution in [-0.4, -0.2) is 25.3 Å². The van der Waals surface area contributed by atoms with Crippen LogP contribution < -0.4 is 0 Å². The maximum Gasteiger partial charge on any atom is 0.311 e. The lowest BCUT2D eigenvalue weighted by molar-refractivity contribution is -0.157. The van der Waals surface area contributed by atoms with Crippen molar-refractivity contribution < 1.29 is 14.3 Å². The van der Waals surface area contributed by atoms with Gasteiger partial charge in [0.2, 0.25) is 0 Å². The molecule has 88 valence electrons. The first-order valence-corrected chi connectivity index (χ1v) is 5.77. The lowest BCUT2D eigenvalue weighted by atomic mass is 9.78. The summed E-state index contributed by atoms with van der Waals surface area (Å²) in [5, 5.41) is 0. The SMILES string of the molecule is CCCC(C)C(C)(C)C(=O)OCC1CO1. The molecule has 0 aromatic carbocycles. The van der Waals surface area contributed by atoms with Gasteiger partial charge in [-0.3, -0.25) is 4.79 Å². The van der Waals surface area contributed by atoms with E-state index in [1.807, 2.05) is 13.8 Å². The van der Waals surface area contributed by atoms with Gasteiger partial charge in [0.15, 0.2) is 0 Å². The van der Waals surface area contributed by atoms with Gasteiger partial charge in [-0.1, -0.05) is 20.3 Å². The maximum atomic E-state index is 11.8. The molecule has 0 amide bonds. The summed E-state index contributed by atoms with van der Waals surface area (Å²) in [6.45, 7) is 9.32. The van der Waals surface area contributed by atoms with Crippen LogP contribution in [0.25, 0.3) is 0 Å².